The standard InChI is InChI=1S/C27H26N6O2S/c1-19-12-14-21(15-13-19)29-26(35)25(20-8-3-2-4-9-20)36-27-31-30-23(18-32-17-7-11-24(32)34)33(27)22-10-5-6-16-28-22/h2-6,8-10,12-16,25H,7,11,17-18H2,1H3,(H,29,35). The average molecular weight is 499 g/mol. The molecule has 1 unspecified atom stereocenters. The van der Waals surface area contributed by atoms with Crippen LogP contribution in [0.1, 0.15) is 35.0 Å². The molecule has 9 heteroatoms. The van der Waals surface area contributed by atoms with E-state index in [0.717, 1.165) is 23.2 Å². The number of pyridine rings is 1. The van der Waals surface area contributed by atoms with E-state index in [1.807, 2.05) is 84.3 Å². The zero-order valence-corrected chi connectivity index (χ0v) is 20.7. The van der Waals surface area contributed by atoms with Crippen molar-refractivity contribution in [2.45, 2.75) is 36.7 Å². The van der Waals surface area contributed by atoms with Gasteiger partial charge in [0.15, 0.2) is 11.0 Å². The molecular weight excluding hydrogens is 472 g/mol. The number of carbonyl (C=O) groups is 2. The summed E-state index contributed by atoms with van der Waals surface area (Å²) in [4.78, 5) is 32.1. The van der Waals surface area contributed by atoms with Crippen molar-refractivity contribution >= 4 is 29.3 Å². The van der Waals surface area contributed by atoms with Crippen LogP contribution in [0.15, 0.2) is 84.1 Å². The van der Waals surface area contributed by atoms with E-state index in [1.165, 1.54) is 11.8 Å². The number of hydrogen-bond acceptors (Lipinski definition) is 6. The Labute approximate surface area is 213 Å². The van der Waals surface area contributed by atoms with Gasteiger partial charge in [-0.2, -0.15) is 0 Å². The Hall–Kier alpha value is -3.98. The van der Waals surface area contributed by atoms with Gasteiger partial charge in [-0.25, -0.2) is 4.98 Å². The van der Waals surface area contributed by atoms with Crippen LogP contribution < -0.4 is 5.32 Å². The molecule has 1 N–H and O–H groups in total. The molecule has 1 atom stereocenters. The number of anilines is 1. The lowest BCUT2D eigenvalue weighted by Gasteiger charge is -2.19. The maximum atomic E-state index is 13.5. The second kappa shape index (κ2) is 10.7. The highest BCUT2D eigenvalue weighted by molar-refractivity contribution is 8.00. The van der Waals surface area contributed by atoms with Crippen molar-refractivity contribution in [3.63, 3.8) is 0 Å². The number of rotatable bonds is 8. The van der Waals surface area contributed by atoms with E-state index in [9.17, 15) is 9.59 Å². The first kappa shape index (κ1) is 23.7. The van der Waals surface area contributed by atoms with Crippen LogP contribution in [0.5, 0.6) is 0 Å². The molecule has 1 saturated heterocycles. The first-order chi connectivity index (χ1) is 17.6. The summed E-state index contributed by atoms with van der Waals surface area (Å²) < 4.78 is 1.84. The Bertz CT molecular complexity index is 1340. The Morgan fingerprint density at radius 1 is 1.03 bits per heavy atom. The molecule has 182 valence electrons. The molecule has 1 aliphatic rings. The molecule has 1 aliphatic heterocycles. The van der Waals surface area contributed by atoms with Gasteiger partial charge in [-0.05, 0) is 43.2 Å². The minimum absolute atomic E-state index is 0.111. The van der Waals surface area contributed by atoms with Crippen LogP contribution in [0.2, 0.25) is 0 Å². The van der Waals surface area contributed by atoms with Gasteiger partial charge in [0.05, 0.1) is 6.54 Å². The van der Waals surface area contributed by atoms with E-state index in [1.54, 1.807) is 11.1 Å². The van der Waals surface area contributed by atoms with Crippen LogP contribution in [0, 0.1) is 6.92 Å². The highest BCUT2D eigenvalue weighted by Crippen LogP contribution is 2.37. The third kappa shape index (κ3) is 5.31. The van der Waals surface area contributed by atoms with Gasteiger partial charge in [-0.3, -0.25) is 14.2 Å². The van der Waals surface area contributed by atoms with E-state index in [4.69, 9.17) is 0 Å². The van der Waals surface area contributed by atoms with Crippen molar-refractivity contribution in [2.24, 2.45) is 0 Å². The largest absolute Gasteiger partial charge is 0.335 e. The molecule has 0 aliphatic carbocycles. The van der Waals surface area contributed by atoms with Gasteiger partial charge in [0.25, 0.3) is 0 Å². The maximum Gasteiger partial charge on any atom is 0.242 e. The fourth-order valence-corrected chi connectivity index (χ4v) is 5.15. The Balaban J connectivity index is 1.49. The third-order valence-corrected chi connectivity index (χ3v) is 7.16. The number of carbonyl (C=O) groups excluding carboxylic acids is 2. The van der Waals surface area contributed by atoms with Crippen LogP contribution in [-0.4, -0.2) is 43.0 Å². The van der Waals surface area contributed by atoms with Gasteiger partial charge in [0.1, 0.15) is 11.1 Å². The molecule has 2 aromatic heterocycles. The first-order valence-corrected chi connectivity index (χ1v) is 12.7. The molecule has 3 heterocycles. The second-order valence-corrected chi connectivity index (χ2v) is 9.68. The topological polar surface area (TPSA) is 93.0 Å². The second-order valence-electron chi connectivity index (χ2n) is 8.60. The zero-order valence-electron chi connectivity index (χ0n) is 19.9. The van der Waals surface area contributed by atoms with Crippen LogP contribution >= 0.6 is 11.8 Å². The molecule has 2 aromatic carbocycles. The number of nitrogens with zero attached hydrogens (tertiary/aromatic N) is 5. The smallest absolute Gasteiger partial charge is 0.242 e. The van der Waals surface area contributed by atoms with Gasteiger partial charge in [0.2, 0.25) is 11.8 Å². The predicted octanol–water partition coefficient (Wildman–Crippen LogP) is 4.57. The lowest BCUT2D eigenvalue weighted by Crippen LogP contribution is -2.26. The number of benzene rings is 2. The lowest BCUT2D eigenvalue weighted by molar-refractivity contribution is -0.128. The number of aromatic nitrogens is 4. The number of likely N-dealkylation sites (tertiary alicyclic amines) is 1. The van der Waals surface area contributed by atoms with E-state index >= 15 is 0 Å². The third-order valence-electron chi connectivity index (χ3n) is 5.97. The average Bonchev–Trinajstić information content (AvgIpc) is 3.50. The van der Waals surface area contributed by atoms with E-state index in [2.05, 4.69) is 20.5 Å². The molecule has 0 saturated carbocycles. The van der Waals surface area contributed by atoms with Gasteiger partial charge in [-0.1, -0.05) is 65.9 Å². The molecule has 0 radical (unpaired) electrons. The highest BCUT2D eigenvalue weighted by Gasteiger charge is 2.28. The summed E-state index contributed by atoms with van der Waals surface area (Å²) in [5.74, 6) is 1.19. The van der Waals surface area contributed by atoms with Crippen LogP contribution in [0.3, 0.4) is 0 Å². The maximum absolute atomic E-state index is 13.5. The summed E-state index contributed by atoms with van der Waals surface area (Å²) in [5.41, 5.74) is 2.69. The number of aryl methyl sites for hydroxylation is 1. The Kier molecular flexibility index (Phi) is 7.08. The number of amides is 2. The first-order valence-electron chi connectivity index (χ1n) is 11.8. The summed E-state index contributed by atoms with van der Waals surface area (Å²) in [5, 5.41) is 11.8. The van der Waals surface area contributed by atoms with Crippen molar-refractivity contribution in [3.05, 3.63) is 95.9 Å². The van der Waals surface area contributed by atoms with Crippen LogP contribution in [0.25, 0.3) is 5.82 Å². The Morgan fingerprint density at radius 3 is 2.50 bits per heavy atom. The van der Waals surface area contributed by atoms with Crippen LogP contribution in [0.4, 0.5) is 5.69 Å². The normalized spacial score (nSPS) is 14.1. The summed E-state index contributed by atoms with van der Waals surface area (Å²) in [6, 6.07) is 22.9. The van der Waals surface area contributed by atoms with E-state index in [0.29, 0.717) is 36.3 Å². The molecule has 5 rings (SSSR count). The predicted molar refractivity (Wildman–Crippen MR) is 139 cm³/mol. The number of nitrogens with one attached hydrogen (secondary N) is 1. The number of thioether (sulfide) groups is 1. The molecule has 8 nitrogen and oxygen atoms in total. The molecular formula is C27H26N6O2S. The summed E-state index contributed by atoms with van der Waals surface area (Å²) in [7, 11) is 0. The van der Waals surface area contributed by atoms with Gasteiger partial charge >= 0.3 is 0 Å². The van der Waals surface area contributed by atoms with Crippen LogP contribution in [-0.2, 0) is 16.1 Å². The van der Waals surface area contributed by atoms with E-state index < -0.39 is 5.25 Å². The van der Waals surface area contributed by atoms with E-state index in [-0.39, 0.29) is 11.8 Å². The minimum Gasteiger partial charge on any atom is -0.335 e. The quantitative estimate of drug-likeness (QED) is 0.358. The Morgan fingerprint density at radius 2 is 1.81 bits per heavy atom. The molecule has 2 amide bonds. The highest BCUT2D eigenvalue weighted by atomic mass is 32.2. The summed E-state index contributed by atoms with van der Waals surface area (Å²) in [6.45, 7) is 3.04. The fraction of sp³-hybridized carbons (Fsp3) is 0.222. The van der Waals surface area contributed by atoms with Gasteiger partial charge in [-0.15, -0.1) is 10.2 Å². The van der Waals surface area contributed by atoms with Gasteiger partial charge < -0.3 is 10.2 Å². The van der Waals surface area contributed by atoms with Crippen molar-refractivity contribution in [3.8, 4) is 5.82 Å². The molecule has 4 aromatic rings. The lowest BCUT2D eigenvalue weighted by atomic mass is 10.1. The van der Waals surface area contributed by atoms with Crippen molar-refractivity contribution < 1.29 is 9.59 Å². The molecule has 0 bridgehead atoms. The minimum atomic E-state index is -0.583. The monoisotopic (exact) mass is 498 g/mol. The molecule has 0 spiro atoms. The summed E-state index contributed by atoms with van der Waals surface area (Å²) in [6.07, 6.45) is 3.09. The van der Waals surface area contributed by atoms with Crippen molar-refractivity contribution in [1.82, 2.24) is 24.6 Å². The molecule has 1 fully saturated rings. The number of hydrogen-bond donors (Lipinski definition) is 1. The fourth-order valence-electron chi connectivity index (χ4n) is 4.09. The van der Waals surface area contributed by atoms with Crippen molar-refractivity contribution in [2.75, 3.05) is 11.9 Å². The zero-order chi connectivity index (χ0) is 24.9. The van der Waals surface area contributed by atoms with Crippen molar-refractivity contribution in [1.29, 1.82) is 0 Å². The SMILES string of the molecule is Cc1ccc(NC(=O)C(Sc2nnc(CN3CCCC3=O)n2-c2ccccn2)c2ccccc2)cc1. The molecule has 36 heavy (non-hydrogen) atoms. The summed E-state index contributed by atoms with van der Waals surface area (Å²) >= 11 is 1.31. The van der Waals surface area contributed by atoms with Gasteiger partial charge in [0, 0.05) is 24.8 Å².